The Bertz CT molecular complexity index is 302. The van der Waals surface area contributed by atoms with Crippen LogP contribution in [0.1, 0.15) is 97.3 Å². The fraction of sp³-hybridized carbons (Fsp3) is 0.905. The van der Waals surface area contributed by atoms with E-state index in [9.17, 15) is 0 Å². The Morgan fingerprint density at radius 2 is 1.64 bits per heavy atom. The highest BCUT2D eigenvalue weighted by Gasteiger charge is 2.42. The second kappa shape index (κ2) is 9.11. The molecule has 0 aromatic carbocycles. The molecule has 1 saturated carbocycles. The van der Waals surface area contributed by atoms with Crippen molar-refractivity contribution in [3.05, 3.63) is 12.7 Å². The molecule has 2 aliphatic rings. The topological polar surface area (TPSA) is 9.23 Å². The summed E-state index contributed by atoms with van der Waals surface area (Å²) in [6.07, 6.45) is 20.4. The minimum absolute atomic E-state index is 0.123. The molecule has 2 rings (SSSR count). The third-order valence-corrected chi connectivity index (χ3v) is 5.82. The van der Waals surface area contributed by atoms with Crippen LogP contribution in [0, 0.1) is 11.8 Å². The lowest BCUT2D eigenvalue weighted by atomic mass is 9.82. The van der Waals surface area contributed by atoms with Gasteiger partial charge in [0.05, 0.1) is 11.7 Å². The average Bonchev–Trinajstić information content (AvgIpc) is 2.75. The zero-order valence-electron chi connectivity index (χ0n) is 15.1. The molecule has 1 heterocycles. The maximum Gasteiger partial charge on any atom is 0.0664 e. The highest BCUT2D eigenvalue weighted by molar-refractivity contribution is 4.92. The molecule has 1 aliphatic carbocycles. The van der Waals surface area contributed by atoms with Gasteiger partial charge in [0.25, 0.3) is 0 Å². The van der Waals surface area contributed by atoms with Gasteiger partial charge < -0.3 is 4.74 Å². The summed E-state index contributed by atoms with van der Waals surface area (Å²) < 4.78 is 6.64. The molecule has 1 saturated heterocycles. The van der Waals surface area contributed by atoms with Gasteiger partial charge in [-0.3, -0.25) is 0 Å². The zero-order valence-corrected chi connectivity index (χ0v) is 15.1. The summed E-state index contributed by atoms with van der Waals surface area (Å²) >= 11 is 0. The molecule has 2 fully saturated rings. The Labute approximate surface area is 138 Å². The average molecular weight is 307 g/mol. The van der Waals surface area contributed by atoms with Crippen molar-refractivity contribution in [3.8, 4) is 0 Å². The first-order valence-electron chi connectivity index (χ1n) is 9.92. The van der Waals surface area contributed by atoms with E-state index in [2.05, 4.69) is 26.5 Å². The molecule has 4 atom stereocenters. The van der Waals surface area contributed by atoms with Crippen molar-refractivity contribution in [2.24, 2.45) is 11.8 Å². The van der Waals surface area contributed by atoms with Crippen molar-refractivity contribution in [3.63, 3.8) is 0 Å². The van der Waals surface area contributed by atoms with Crippen molar-refractivity contribution >= 4 is 0 Å². The Hall–Kier alpha value is -0.300. The number of allylic oxidation sites excluding steroid dienone is 1. The molecule has 1 heteroatoms. The van der Waals surface area contributed by atoms with E-state index in [0.717, 1.165) is 12.3 Å². The van der Waals surface area contributed by atoms with E-state index in [4.69, 9.17) is 4.74 Å². The normalized spacial score (nSPS) is 35.9. The van der Waals surface area contributed by atoms with Crippen molar-refractivity contribution in [2.75, 3.05) is 0 Å². The van der Waals surface area contributed by atoms with Crippen LogP contribution in [0.5, 0.6) is 0 Å². The lowest BCUT2D eigenvalue weighted by Gasteiger charge is -2.28. The highest BCUT2D eigenvalue weighted by Crippen LogP contribution is 2.43. The molecule has 0 spiro atoms. The molecular formula is C21H38O. The SMILES string of the molecule is C=CCC(C)CC1(C)CC2CCCCCCCCCCC2O1. The maximum absolute atomic E-state index is 6.64. The molecule has 0 bridgehead atoms. The van der Waals surface area contributed by atoms with Gasteiger partial charge in [-0.25, -0.2) is 0 Å². The molecule has 4 unspecified atom stereocenters. The second-order valence-corrected chi connectivity index (χ2v) is 8.31. The molecule has 22 heavy (non-hydrogen) atoms. The lowest BCUT2D eigenvalue weighted by Crippen LogP contribution is -2.27. The zero-order chi connectivity index (χ0) is 15.8. The quantitative estimate of drug-likeness (QED) is 0.527. The van der Waals surface area contributed by atoms with Crippen molar-refractivity contribution in [1.29, 1.82) is 0 Å². The Morgan fingerprint density at radius 3 is 2.27 bits per heavy atom. The highest BCUT2D eigenvalue weighted by atomic mass is 16.5. The van der Waals surface area contributed by atoms with Gasteiger partial charge in [0, 0.05) is 0 Å². The van der Waals surface area contributed by atoms with Crippen molar-refractivity contribution < 1.29 is 4.74 Å². The van der Waals surface area contributed by atoms with Gasteiger partial charge in [-0.2, -0.15) is 0 Å². The van der Waals surface area contributed by atoms with Crippen LogP contribution in [0.25, 0.3) is 0 Å². The van der Waals surface area contributed by atoms with Crippen molar-refractivity contribution in [2.45, 2.75) is 109 Å². The standard InChI is InChI=1S/C21H38O/c1-4-13-18(2)16-21(3)17-19-14-11-9-7-5-6-8-10-12-15-20(19)22-21/h4,18-20H,1,5-17H2,2-3H3. The van der Waals surface area contributed by atoms with Gasteiger partial charge in [-0.15, -0.1) is 6.58 Å². The van der Waals surface area contributed by atoms with Gasteiger partial charge in [-0.05, 0) is 50.9 Å². The van der Waals surface area contributed by atoms with E-state index in [1.54, 1.807) is 0 Å². The van der Waals surface area contributed by atoms with Crippen LogP contribution in [0.15, 0.2) is 12.7 Å². The molecule has 1 aliphatic heterocycles. The summed E-state index contributed by atoms with van der Waals surface area (Å²) in [7, 11) is 0. The molecule has 0 aromatic rings. The van der Waals surface area contributed by atoms with Crippen LogP contribution in [-0.4, -0.2) is 11.7 Å². The van der Waals surface area contributed by atoms with Gasteiger partial charge in [-0.1, -0.05) is 64.4 Å². The van der Waals surface area contributed by atoms with Crippen LogP contribution in [0.3, 0.4) is 0 Å². The molecule has 0 aromatic heterocycles. The predicted molar refractivity (Wildman–Crippen MR) is 96.2 cm³/mol. The summed E-state index contributed by atoms with van der Waals surface area (Å²) in [4.78, 5) is 0. The molecule has 0 amide bonds. The summed E-state index contributed by atoms with van der Waals surface area (Å²) in [5, 5.41) is 0. The number of rotatable bonds is 4. The summed E-state index contributed by atoms with van der Waals surface area (Å²) in [6.45, 7) is 8.61. The first-order valence-corrected chi connectivity index (χ1v) is 9.92. The van der Waals surface area contributed by atoms with E-state index >= 15 is 0 Å². The summed E-state index contributed by atoms with van der Waals surface area (Å²) in [6, 6.07) is 0. The van der Waals surface area contributed by atoms with E-state index in [0.29, 0.717) is 12.0 Å². The molecule has 128 valence electrons. The monoisotopic (exact) mass is 306 g/mol. The van der Waals surface area contributed by atoms with Crippen LogP contribution in [0.4, 0.5) is 0 Å². The third-order valence-electron chi connectivity index (χ3n) is 5.82. The van der Waals surface area contributed by atoms with E-state index in [1.165, 1.54) is 77.0 Å². The number of ether oxygens (including phenoxy) is 1. The third kappa shape index (κ3) is 5.72. The Balaban J connectivity index is 1.91. The first kappa shape index (κ1) is 18.0. The second-order valence-electron chi connectivity index (χ2n) is 8.31. The minimum Gasteiger partial charge on any atom is -0.372 e. The van der Waals surface area contributed by atoms with Crippen molar-refractivity contribution in [1.82, 2.24) is 0 Å². The number of hydrogen-bond donors (Lipinski definition) is 0. The Kier molecular flexibility index (Phi) is 7.47. The van der Waals surface area contributed by atoms with Gasteiger partial charge >= 0.3 is 0 Å². The number of hydrogen-bond acceptors (Lipinski definition) is 1. The van der Waals surface area contributed by atoms with E-state index in [1.807, 2.05) is 0 Å². The lowest BCUT2D eigenvalue weighted by molar-refractivity contribution is -0.0495. The molecular weight excluding hydrogens is 268 g/mol. The van der Waals surface area contributed by atoms with Crippen LogP contribution >= 0.6 is 0 Å². The largest absolute Gasteiger partial charge is 0.372 e. The smallest absolute Gasteiger partial charge is 0.0664 e. The van der Waals surface area contributed by atoms with E-state index in [-0.39, 0.29) is 5.60 Å². The molecule has 0 N–H and O–H groups in total. The fourth-order valence-electron chi connectivity index (χ4n) is 4.83. The molecule has 1 nitrogen and oxygen atoms in total. The number of fused-ring (bicyclic) bond motifs is 1. The summed E-state index contributed by atoms with van der Waals surface area (Å²) in [5.41, 5.74) is 0.123. The van der Waals surface area contributed by atoms with Crippen LogP contribution in [0.2, 0.25) is 0 Å². The van der Waals surface area contributed by atoms with Gasteiger partial charge in [0.1, 0.15) is 0 Å². The minimum atomic E-state index is 0.123. The fourth-order valence-corrected chi connectivity index (χ4v) is 4.83. The maximum atomic E-state index is 6.64. The molecule has 0 radical (unpaired) electrons. The van der Waals surface area contributed by atoms with Gasteiger partial charge in [0.2, 0.25) is 0 Å². The predicted octanol–water partition coefficient (Wildman–Crippen LogP) is 6.67. The first-order chi connectivity index (χ1) is 10.6. The van der Waals surface area contributed by atoms with Gasteiger partial charge in [0.15, 0.2) is 0 Å². The Morgan fingerprint density at radius 1 is 1.05 bits per heavy atom. The summed E-state index contributed by atoms with van der Waals surface area (Å²) in [5.74, 6) is 1.52. The van der Waals surface area contributed by atoms with Crippen LogP contribution in [-0.2, 0) is 4.74 Å². The van der Waals surface area contributed by atoms with E-state index < -0.39 is 0 Å². The van der Waals surface area contributed by atoms with Crippen LogP contribution < -0.4 is 0 Å².